The topological polar surface area (TPSA) is 89.3 Å². The lowest BCUT2D eigenvalue weighted by Gasteiger charge is -2.02. The smallest absolute Gasteiger partial charge is 0.199 e. The van der Waals surface area contributed by atoms with E-state index in [0.29, 0.717) is 28.1 Å². The van der Waals surface area contributed by atoms with Gasteiger partial charge in [0.15, 0.2) is 5.88 Å². The van der Waals surface area contributed by atoms with Gasteiger partial charge in [0.05, 0.1) is 22.5 Å². The molecule has 1 aromatic heterocycles. The van der Waals surface area contributed by atoms with E-state index >= 15 is 0 Å². The standard InChI is InChI=1S/C17H10BrN3O2/c18-9-2-3-10-13(6-9)21-17(23)14(10)16-15(19)11-5-8(7-22)1-4-12(11)20-16/h1-7,19,21,23H. The molecule has 4 rings (SSSR count). The van der Waals surface area contributed by atoms with Gasteiger partial charge in [-0.2, -0.15) is 0 Å². The number of aldehydes is 1. The number of aliphatic imine (C=N–C) groups is 1. The minimum Gasteiger partial charge on any atom is -0.494 e. The Labute approximate surface area is 139 Å². The van der Waals surface area contributed by atoms with Crippen LogP contribution >= 0.6 is 15.9 Å². The number of rotatable bonds is 2. The number of carbonyl (C=O) groups is 1. The number of aromatic amines is 1. The predicted octanol–water partition coefficient (Wildman–Crippen LogP) is 3.95. The molecular weight excluding hydrogens is 358 g/mol. The van der Waals surface area contributed by atoms with Crippen molar-refractivity contribution in [3.63, 3.8) is 0 Å². The van der Waals surface area contributed by atoms with Crippen molar-refractivity contribution in [2.24, 2.45) is 4.99 Å². The molecule has 0 unspecified atom stereocenters. The zero-order chi connectivity index (χ0) is 16.1. The van der Waals surface area contributed by atoms with Gasteiger partial charge in [-0.15, -0.1) is 0 Å². The monoisotopic (exact) mass is 367 g/mol. The molecule has 0 atom stereocenters. The van der Waals surface area contributed by atoms with E-state index < -0.39 is 0 Å². The van der Waals surface area contributed by atoms with E-state index in [4.69, 9.17) is 5.41 Å². The number of fused-ring (bicyclic) bond motifs is 2. The van der Waals surface area contributed by atoms with Crippen molar-refractivity contribution in [1.29, 1.82) is 5.41 Å². The van der Waals surface area contributed by atoms with Crippen LogP contribution in [0.2, 0.25) is 0 Å². The molecule has 1 aliphatic rings. The number of benzene rings is 2. The van der Waals surface area contributed by atoms with E-state index in [2.05, 4.69) is 25.9 Å². The van der Waals surface area contributed by atoms with Gasteiger partial charge in [-0.25, -0.2) is 4.99 Å². The van der Waals surface area contributed by atoms with Gasteiger partial charge >= 0.3 is 0 Å². The highest BCUT2D eigenvalue weighted by Gasteiger charge is 2.27. The molecule has 0 fully saturated rings. The van der Waals surface area contributed by atoms with E-state index in [9.17, 15) is 9.90 Å². The molecule has 0 amide bonds. The molecule has 2 aromatic carbocycles. The van der Waals surface area contributed by atoms with Crippen LogP contribution in [0.5, 0.6) is 5.88 Å². The molecule has 0 saturated heterocycles. The lowest BCUT2D eigenvalue weighted by molar-refractivity contribution is 0.112. The molecule has 112 valence electrons. The number of halogens is 1. The number of aromatic nitrogens is 1. The normalized spacial score (nSPS) is 13.3. The maximum Gasteiger partial charge on any atom is 0.199 e. The van der Waals surface area contributed by atoms with Gasteiger partial charge < -0.3 is 10.1 Å². The number of hydrogen-bond acceptors (Lipinski definition) is 4. The maximum absolute atomic E-state index is 10.9. The van der Waals surface area contributed by atoms with Gasteiger partial charge in [-0.1, -0.05) is 22.0 Å². The Morgan fingerprint density at radius 3 is 2.83 bits per heavy atom. The summed E-state index contributed by atoms with van der Waals surface area (Å²) in [6.07, 6.45) is 0.742. The van der Waals surface area contributed by atoms with Crippen LogP contribution in [0.1, 0.15) is 21.5 Å². The van der Waals surface area contributed by atoms with E-state index in [1.807, 2.05) is 18.2 Å². The molecule has 3 N–H and O–H groups in total. The second-order valence-corrected chi connectivity index (χ2v) is 6.18. The summed E-state index contributed by atoms with van der Waals surface area (Å²) < 4.78 is 0.889. The minimum atomic E-state index is -0.0231. The first-order valence-corrected chi connectivity index (χ1v) is 7.65. The Hall–Kier alpha value is -2.73. The zero-order valence-electron chi connectivity index (χ0n) is 11.7. The first kappa shape index (κ1) is 13.9. The van der Waals surface area contributed by atoms with Crippen molar-refractivity contribution in [3.05, 3.63) is 57.6 Å². The van der Waals surface area contributed by atoms with Crippen LogP contribution in [-0.4, -0.2) is 27.8 Å². The van der Waals surface area contributed by atoms with Crippen LogP contribution < -0.4 is 0 Å². The van der Waals surface area contributed by atoms with Crippen molar-refractivity contribution in [1.82, 2.24) is 4.98 Å². The van der Waals surface area contributed by atoms with E-state index in [-0.39, 0.29) is 11.6 Å². The summed E-state index contributed by atoms with van der Waals surface area (Å²) in [4.78, 5) is 18.3. The third-order valence-corrected chi connectivity index (χ3v) is 4.37. The second-order valence-electron chi connectivity index (χ2n) is 5.27. The highest BCUT2D eigenvalue weighted by atomic mass is 79.9. The highest BCUT2D eigenvalue weighted by molar-refractivity contribution is 9.10. The molecule has 1 aliphatic heterocycles. The van der Waals surface area contributed by atoms with Crippen molar-refractivity contribution >= 4 is 50.2 Å². The van der Waals surface area contributed by atoms with Crippen molar-refractivity contribution in [2.45, 2.75) is 0 Å². The maximum atomic E-state index is 10.9. The molecule has 0 radical (unpaired) electrons. The molecule has 5 nitrogen and oxygen atoms in total. The SMILES string of the molecule is N=C1C(c2c(O)[nH]c3cc(Br)ccc23)=Nc2ccc(C=O)cc21. The van der Waals surface area contributed by atoms with Gasteiger partial charge in [-0.3, -0.25) is 10.2 Å². The molecule has 0 bridgehead atoms. The number of H-pyrrole nitrogens is 1. The van der Waals surface area contributed by atoms with Gasteiger partial charge in [0.1, 0.15) is 12.0 Å². The van der Waals surface area contributed by atoms with Gasteiger partial charge in [-0.05, 0) is 30.3 Å². The summed E-state index contributed by atoms with van der Waals surface area (Å²) in [5, 5.41) is 19.4. The van der Waals surface area contributed by atoms with E-state index in [0.717, 1.165) is 21.7 Å². The van der Waals surface area contributed by atoms with Crippen LogP contribution in [0.15, 0.2) is 45.9 Å². The third kappa shape index (κ3) is 2.03. The van der Waals surface area contributed by atoms with Crippen LogP contribution in [-0.2, 0) is 0 Å². The van der Waals surface area contributed by atoms with Crippen molar-refractivity contribution in [3.8, 4) is 5.88 Å². The lowest BCUT2D eigenvalue weighted by atomic mass is 10.00. The summed E-state index contributed by atoms with van der Waals surface area (Å²) in [6.45, 7) is 0. The quantitative estimate of drug-likeness (QED) is 0.598. The molecule has 6 heteroatoms. The fourth-order valence-electron chi connectivity index (χ4n) is 2.80. The molecule has 2 heterocycles. The van der Waals surface area contributed by atoms with E-state index in [1.165, 1.54) is 0 Å². The second kappa shape index (κ2) is 4.89. The van der Waals surface area contributed by atoms with Crippen molar-refractivity contribution < 1.29 is 9.90 Å². The van der Waals surface area contributed by atoms with E-state index in [1.54, 1.807) is 18.2 Å². The summed E-state index contributed by atoms with van der Waals surface area (Å²) in [5.74, 6) is -0.0231. The first-order chi connectivity index (χ1) is 11.1. The van der Waals surface area contributed by atoms with Crippen LogP contribution in [0.4, 0.5) is 5.69 Å². The molecule has 0 aliphatic carbocycles. The van der Waals surface area contributed by atoms with Crippen LogP contribution in [0.3, 0.4) is 0 Å². The Morgan fingerprint density at radius 2 is 2.04 bits per heavy atom. The average Bonchev–Trinajstić information content (AvgIpc) is 3.03. The zero-order valence-corrected chi connectivity index (χ0v) is 13.3. The Kier molecular flexibility index (Phi) is 2.96. The molecule has 3 aromatic rings. The molecule has 23 heavy (non-hydrogen) atoms. The van der Waals surface area contributed by atoms with Gasteiger partial charge in [0.25, 0.3) is 0 Å². The largest absolute Gasteiger partial charge is 0.494 e. The predicted molar refractivity (Wildman–Crippen MR) is 92.5 cm³/mol. The number of carbonyl (C=O) groups excluding carboxylic acids is 1. The van der Waals surface area contributed by atoms with Crippen LogP contribution in [0.25, 0.3) is 10.9 Å². The van der Waals surface area contributed by atoms with Gasteiger partial charge in [0.2, 0.25) is 0 Å². The minimum absolute atomic E-state index is 0.0231. The number of nitrogens with one attached hydrogen (secondary N) is 2. The number of aromatic hydroxyl groups is 1. The molecular formula is C17H10BrN3O2. The number of nitrogens with zero attached hydrogens (tertiary/aromatic N) is 1. The van der Waals surface area contributed by atoms with Gasteiger partial charge in [0, 0.05) is 21.0 Å². The fraction of sp³-hybridized carbons (Fsp3) is 0. The van der Waals surface area contributed by atoms with Crippen molar-refractivity contribution in [2.75, 3.05) is 0 Å². The summed E-state index contributed by atoms with van der Waals surface area (Å²) in [7, 11) is 0. The summed E-state index contributed by atoms with van der Waals surface area (Å²) >= 11 is 3.39. The Morgan fingerprint density at radius 1 is 1.22 bits per heavy atom. The highest BCUT2D eigenvalue weighted by Crippen LogP contribution is 2.36. The summed E-state index contributed by atoms with van der Waals surface area (Å²) in [6, 6.07) is 10.6. The number of hydrogen-bond donors (Lipinski definition) is 3. The third-order valence-electron chi connectivity index (χ3n) is 3.87. The Bertz CT molecular complexity index is 1030. The van der Waals surface area contributed by atoms with Crippen LogP contribution in [0, 0.1) is 5.41 Å². The first-order valence-electron chi connectivity index (χ1n) is 6.86. The fourth-order valence-corrected chi connectivity index (χ4v) is 3.17. The molecule has 0 spiro atoms. The lowest BCUT2D eigenvalue weighted by Crippen LogP contribution is -2.11. The summed E-state index contributed by atoms with van der Waals surface area (Å²) in [5.41, 5.74) is 3.57. The Balaban J connectivity index is 1.92. The molecule has 0 saturated carbocycles. The average molecular weight is 368 g/mol.